The predicted octanol–water partition coefficient (Wildman–Crippen LogP) is 3.39. The highest BCUT2D eigenvalue weighted by atomic mass is 35.5. The number of halogens is 2. The fourth-order valence-corrected chi connectivity index (χ4v) is 2.69. The van der Waals surface area contributed by atoms with E-state index in [-0.39, 0.29) is 5.56 Å². The topological polar surface area (TPSA) is 78.8 Å². The van der Waals surface area contributed by atoms with E-state index in [1.807, 2.05) is 0 Å². The molecule has 0 atom stereocenters. The second-order valence-corrected chi connectivity index (χ2v) is 5.74. The van der Waals surface area contributed by atoms with Crippen LogP contribution in [0.1, 0.15) is 0 Å². The Morgan fingerprint density at radius 3 is 2.70 bits per heavy atom. The Balaban J connectivity index is 1.97. The first kappa shape index (κ1) is 14.0. The molecule has 0 saturated carbocycles. The molecule has 0 unspecified atom stereocenters. The van der Waals surface area contributed by atoms with E-state index in [2.05, 4.69) is 20.3 Å². The molecule has 3 aromatic heterocycles. The smallest absolute Gasteiger partial charge is 0.273 e. The van der Waals surface area contributed by atoms with Crippen LogP contribution in [0.15, 0.2) is 47.5 Å². The highest BCUT2D eigenvalue weighted by Crippen LogP contribution is 2.28. The molecule has 0 saturated heterocycles. The Morgan fingerprint density at radius 1 is 1.09 bits per heavy atom. The number of hydrogen-bond acceptors (Lipinski definition) is 3. The van der Waals surface area contributed by atoms with Crippen molar-refractivity contribution >= 4 is 28.8 Å². The summed E-state index contributed by atoms with van der Waals surface area (Å²) in [6, 6.07) is 8.39. The zero-order chi connectivity index (χ0) is 16.0. The molecular weight excluding hydrogens is 337 g/mol. The molecule has 2 N–H and O–H groups in total. The molecule has 0 aliphatic rings. The Morgan fingerprint density at radius 2 is 1.96 bits per heavy atom. The minimum atomic E-state index is -0.221. The average molecular weight is 346 g/mol. The number of benzene rings is 1. The molecule has 0 radical (unpaired) electrons. The molecule has 1 aromatic carbocycles. The Labute approximate surface area is 139 Å². The molecule has 8 heteroatoms. The fraction of sp³-hybridized carbons (Fsp3) is 0. The van der Waals surface area contributed by atoms with Crippen molar-refractivity contribution in [2.75, 3.05) is 0 Å². The standard InChI is InChI=1S/C15H9Cl2N5O/c16-10-2-1-8(5-11(10)17)13-6-14(23)22-15(20-13)9(7-19-22)12-3-4-18-21-12/h1-7,19H,(H,18,21). The number of hydrogen-bond donors (Lipinski definition) is 2. The third kappa shape index (κ3) is 2.32. The summed E-state index contributed by atoms with van der Waals surface area (Å²) in [4.78, 5) is 16.9. The van der Waals surface area contributed by atoms with Crippen molar-refractivity contribution < 1.29 is 0 Å². The van der Waals surface area contributed by atoms with Gasteiger partial charge in [-0.25, -0.2) is 9.50 Å². The number of rotatable bonds is 2. The van der Waals surface area contributed by atoms with Gasteiger partial charge in [-0.2, -0.15) is 5.10 Å². The van der Waals surface area contributed by atoms with Crippen LogP contribution in [0.3, 0.4) is 0 Å². The SMILES string of the molecule is O=c1cc(-c2ccc(Cl)c(Cl)c2)nc2c(-c3ccn[nH]3)c[nH]n12. The maximum Gasteiger partial charge on any atom is 0.273 e. The van der Waals surface area contributed by atoms with E-state index in [0.717, 1.165) is 16.8 Å². The van der Waals surface area contributed by atoms with Gasteiger partial charge in [0.15, 0.2) is 5.65 Å². The van der Waals surface area contributed by atoms with Crippen LogP contribution >= 0.6 is 23.2 Å². The van der Waals surface area contributed by atoms with Gasteiger partial charge in [0.05, 0.1) is 27.0 Å². The normalized spacial score (nSPS) is 11.2. The largest absolute Gasteiger partial charge is 0.296 e. The van der Waals surface area contributed by atoms with Crippen molar-refractivity contribution in [2.24, 2.45) is 0 Å². The summed E-state index contributed by atoms with van der Waals surface area (Å²) in [7, 11) is 0. The van der Waals surface area contributed by atoms with Gasteiger partial charge in [-0.15, -0.1) is 0 Å². The molecule has 0 aliphatic heterocycles. The summed E-state index contributed by atoms with van der Waals surface area (Å²) < 4.78 is 1.37. The number of aromatic amines is 2. The molecule has 0 amide bonds. The molecular formula is C15H9Cl2N5O. The van der Waals surface area contributed by atoms with E-state index in [9.17, 15) is 4.79 Å². The van der Waals surface area contributed by atoms with Crippen LogP contribution in [0.25, 0.3) is 28.2 Å². The van der Waals surface area contributed by atoms with Crippen LogP contribution in [0, 0.1) is 0 Å². The second-order valence-electron chi connectivity index (χ2n) is 4.92. The lowest BCUT2D eigenvalue weighted by molar-refractivity contribution is 0.901. The van der Waals surface area contributed by atoms with Gasteiger partial charge in [0, 0.05) is 24.0 Å². The number of H-pyrrole nitrogens is 2. The van der Waals surface area contributed by atoms with Crippen LogP contribution in [-0.4, -0.2) is 24.8 Å². The highest BCUT2D eigenvalue weighted by Gasteiger charge is 2.13. The monoisotopic (exact) mass is 345 g/mol. The van der Waals surface area contributed by atoms with E-state index in [1.54, 1.807) is 36.7 Å². The quantitative estimate of drug-likeness (QED) is 0.584. The van der Waals surface area contributed by atoms with Gasteiger partial charge >= 0.3 is 0 Å². The molecule has 6 nitrogen and oxygen atoms in total. The highest BCUT2D eigenvalue weighted by molar-refractivity contribution is 6.42. The van der Waals surface area contributed by atoms with Gasteiger partial charge in [-0.05, 0) is 18.2 Å². The minimum Gasteiger partial charge on any atom is -0.296 e. The van der Waals surface area contributed by atoms with Crippen LogP contribution in [-0.2, 0) is 0 Å². The number of aromatic nitrogens is 5. The van der Waals surface area contributed by atoms with Gasteiger partial charge in [-0.3, -0.25) is 15.0 Å². The van der Waals surface area contributed by atoms with Crippen LogP contribution in [0.4, 0.5) is 0 Å². The van der Waals surface area contributed by atoms with Gasteiger partial charge < -0.3 is 0 Å². The summed E-state index contributed by atoms with van der Waals surface area (Å²) in [6.07, 6.45) is 3.34. The average Bonchev–Trinajstić information content (AvgIpc) is 3.18. The van der Waals surface area contributed by atoms with Crippen molar-refractivity contribution in [3.8, 4) is 22.5 Å². The molecule has 0 spiro atoms. The van der Waals surface area contributed by atoms with Crippen molar-refractivity contribution in [3.63, 3.8) is 0 Å². The summed E-state index contributed by atoms with van der Waals surface area (Å²) >= 11 is 12.0. The molecule has 23 heavy (non-hydrogen) atoms. The van der Waals surface area contributed by atoms with Gasteiger partial charge in [-0.1, -0.05) is 29.3 Å². The lowest BCUT2D eigenvalue weighted by atomic mass is 10.1. The van der Waals surface area contributed by atoms with Crippen molar-refractivity contribution in [2.45, 2.75) is 0 Å². The van der Waals surface area contributed by atoms with E-state index >= 15 is 0 Å². The lowest BCUT2D eigenvalue weighted by Crippen LogP contribution is -2.14. The molecule has 0 fully saturated rings. The minimum absolute atomic E-state index is 0.221. The van der Waals surface area contributed by atoms with Crippen LogP contribution in [0.2, 0.25) is 10.0 Å². The van der Waals surface area contributed by atoms with Crippen molar-refractivity contribution in [1.82, 2.24) is 24.8 Å². The first-order valence-corrected chi connectivity index (χ1v) is 7.45. The third-order valence-corrected chi connectivity index (χ3v) is 4.24. The van der Waals surface area contributed by atoms with E-state index in [4.69, 9.17) is 23.2 Å². The Bertz CT molecular complexity index is 1070. The zero-order valence-electron chi connectivity index (χ0n) is 11.5. The van der Waals surface area contributed by atoms with E-state index in [0.29, 0.717) is 21.4 Å². The summed E-state index contributed by atoms with van der Waals surface area (Å²) in [5, 5.41) is 10.5. The summed E-state index contributed by atoms with van der Waals surface area (Å²) in [5.74, 6) is 0. The van der Waals surface area contributed by atoms with Crippen molar-refractivity contribution in [1.29, 1.82) is 0 Å². The third-order valence-electron chi connectivity index (χ3n) is 3.50. The molecule has 0 bridgehead atoms. The summed E-state index contributed by atoms with van der Waals surface area (Å²) in [6.45, 7) is 0. The zero-order valence-corrected chi connectivity index (χ0v) is 13.1. The maximum atomic E-state index is 12.3. The molecule has 114 valence electrons. The molecule has 4 rings (SSSR count). The lowest BCUT2D eigenvalue weighted by Gasteiger charge is -2.04. The Hall–Kier alpha value is -2.57. The van der Waals surface area contributed by atoms with Crippen LogP contribution < -0.4 is 5.56 Å². The van der Waals surface area contributed by atoms with Gasteiger partial charge in [0.2, 0.25) is 0 Å². The first-order valence-electron chi connectivity index (χ1n) is 6.70. The van der Waals surface area contributed by atoms with Gasteiger partial charge in [0.25, 0.3) is 5.56 Å². The molecule has 4 aromatic rings. The summed E-state index contributed by atoms with van der Waals surface area (Å²) in [5.41, 5.74) is 3.04. The van der Waals surface area contributed by atoms with Gasteiger partial charge in [0.1, 0.15) is 0 Å². The van der Waals surface area contributed by atoms with E-state index < -0.39 is 0 Å². The number of nitrogens with one attached hydrogen (secondary N) is 2. The maximum absolute atomic E-state index is 12.3. The molecule has 0 aliphatic carbocycles. The van der Waals surface area contributed by atoms with E-state index in [1.165, 1.54) is 10.6 Å². The molecule has 3 heterocycles. The van der Waals surface area contributed by atoms with Crippen molar-refractivity contribution in [3.05, 3.63) is 63.1 Å². The second kappa shape index (κ2) is 5.26. The Kier molecular flexibility index (Phi) is 3.21. The number of fused-ring (bicyclic) bond motifs is 1. The fourth-order valence-electron chi connectivity index (χ4n) is 2.39. The first-order chi connectivity index (χ1) is 11.1. The predicted molar refractivity (Wildman–Crippen MR) is 88.9 cm³/mol. The number of nitrogens with zero attached hydrogens (tertiary/aromatic N) is 3. The van der Waals surface area contributed by atoms with Crippen LogP contribution in [0.5, 0.6) is 0 Å².